The standard InChI is InChI=1S/C29H31NO5.C2HF3O2/c1-18-8-24(35-25-13-30-14-25)9-19(2)29(18)22-5-3-4-20(10-22)15-33-16-21-6-7-26-23(12-28(31)32)17-34-27(26)11-21;3-2(4,5)1(6)7/h3-11,23,25,30H,12-17H2,1-2H3,(H,31,32);(H,6,7)/t23-;/m1./s1. The second-order valence-corrected chi connectivity index (χ2v) is 10.3. The highest BCUT2D eigenvalue weighted by Gasteiger charge is 2.38. The first-order chi connectivity index (χ1) is 19.9. The lowest BCUT2D eigenvalue weighted by atomic mass is 9.94. The highest BCUT2D eigenvalue weighted by atomic mass is 19.4. The summed E-state index contributed by atoms with van der Waals surface area (Å²) in [5, 5.41) is 19.4. The van der Waals surface area contributed by atoms with Crippen LogP contribution in [0.1, 0.15) is 40.2 Å². The van der Waals surface area contributed by atoms with Gasteiger partial charge >= 0.3 is 18.1 Å². The maximum absolute atomic E-state index is 11.0. The Labute approximate surface area is 241 Å². The SMILES string of the molecule is Cc1cc(OC2CNC2)cc(C)c1-c1cccc(COCc2ccc3c(c2)OC[C@H]3CC(=O)O)c1.O=C(O)C(F)(F)F. The Balaban J connectivity index is 0.000000517. The van der Waals surface area contributed by atoms with Gasteiger partial charge in [0.2, 0.25) is 0 Å². The average molecular weight is 588 g/mol. The summed E-state index contributed by atoms with van der Waals surface area (Å²) in [4.78, 5) is 19.9. The minimum Gasteiger partial charge on any atom is -0.493 e. The smallest absolute Gasteiger partial charge is 0.490 e. The molecule has 2 aliphatic heterocycles. The van der Waals surface area contributed by atoms with E-state index in [1.807, 2.05) is 18.2 Å². The van der Waals surface area contributed by atoms with E-state index in [-0.39, 0.29) is 18.4 Å². The first-order valence-corrected chi connectivity index (χ1v) is 13.3. The van der Waals surface area contributed by atoms with Crippen LogP contribution in [0.4, 0.5) is 13.2 Å². The van der Waals surface area contributed by atoms with Crippen LogP contribution in [0.15, 0.2) is 54.6 Å². The van der Waals surface area contributed by atoms with Gasteiger partial charge in [-0.15, -0.1) is 0 Å². The third-order valence-electron chi connectivity index (χ3n) is 6.93. The molecular formula is C31H32F3NO7. The topological polar surface area (TPSA) is 114 Å². The molecule has 3 N–H and O–H groups in total. The number of carboxylic acid groups (broad SMARTS) is 2. The molecule has 0 radical (unpaired) electrons. The van der Waals surface area contributed by atoms with Crippen molar-refractivity contribution >= 4 is 11.9 Å². The molecule has 2 heterocycles. The highest BCUT2D eigenvalue weighted by Crippen LogP contribution is 2.37. The van der Waals surface area contributed by atoms with Crippen LogP contribution in [0.5, 0.6) is 11.5 Å². The maximum atomic E-state index is 11.0. The van der Waals surface area contributed by atoms with E-state index in [0.29, 0.717) is 19.8 Å². The Bertz CT molecular complexity index is 1410. The number of aliphatic carboxylic acids is 2. The van der Waals surface area contributed by atoms with Gasteiger partial charge in [-0.3, -0.25) is 4.79 Å². The van der Waals surface area contributed by atoms with E-state index in [2.05, 4.69) is 55.6 Å². The van der Waals surface area contributed by atoms with E-state index in [1.54, 1.807) is 0 Å². The second-order valence-electron chi connectivity index (χ2n) is 10.3. The summed E-state index contributed by atoms with van der Waals surface area (Å²) < 4.78 is 49.5. The molecule has 42 heavy (non-hydrogen) atoms. The van der Waals surface area contributed by atoms with Crippen molar-refractivity contribution in [2.75, 3.05) is 19.7 Å². The molecule has 0 spiro atoms. The fourth-order valence-corrected chi connectivity index (χ4v) is 4.88. The number of carboxylic acids is 2. The van der Waals surface area contributed by atoms with E-state index in [1.165, 1.54) is 22.3 Å². The van der Waals surface area contributed by atoms with Crippen molar-refractivity contribution < 1.29 is 47.2 Å². The van der Waals surface area contributed by atoms with Crippen molar-refractivity contribution in [1.29, 1.82) is 0 Å². The van der Waals surface area contributed by atoms with Gasteiger partial charge in [0.1, 0.15) is 17.6 Å². The number of halogens is 3. The van der Waals surface area contributed by atoms with Crippen LogP contribution >= 0.6 is 0 Å². The monoisotopic (exact) mass is 587 g/mol. The zero-order valence-corrected chi connectivity index (χ0v) is 23.2. The van der Waals surface area contributed by atoms with Crippen LogP contribution in [-0.2, 0) is 27.5 Å². The van der Waals surface area contributed by atoms with E-state index in [0.717, 1.165) is 41.3 Å². The first-order valence-electron chi connectivity index (χ1n) is 13.3. The van der Waals surface area contributed by atoms with Crippen LogP contribution < -0.4 is 14.8 Å². The number of aryl methyl sites for hydroxylation is 2. The van der Waals surface area contributed by atoms with Gasteiger partial charge in [-0.1, -0.05) is 30.3 Å². The molecule has 2 aliphatic rings. The fraction of sp³-hybridized carbons (Fsp3) is 0.355. The van der Waals surface area contributed by atoms with Crippen LogP contribution in [0.25, 0.3) is 11.1 Å². The summed E-state index contributed by atoms with van der Waals surface area (Å²) in [6.45, 7) is 7.47. The number of ether oxygens (including phenoxy) is 3. The molecule has 8 nitrogen and oxygen atoms in total. The highest BCUT2D eigenvalue weighted by molar-refractivity contribution is 5.73. The maximum Gasteiger partial charge on any atom is 0.490 e. The molecule has 1 fully saturated rings. The van der Waals surface area contributed by atoms with Gasteiger partial charge < -0.3 is 29.7 Å². The number of alkyl halides is 3. The Hall–Kier alpha value is -4.09. The number of nitrogens with one attached hydrogen (secondary N) is 1. The minimum absolute atomic E-state index is 0.0806. The van der Waals surface area contributed by atoms with Crippen molar-refractivity contribution in [3.63, 3.8) is 0 Å². The Morgan fingerprint density at radius 3 is 2.19 bits per heavy atom. The third-order valence-corrected chi connectivity index (χ3v) is 6.93. The second kappa shape index (κ2) is 13.3. The van der Waals surface area contributed by atoms with Crippen LogP contribution in [-0.4, -0.2) is 54.1 Å². The normalized spacial score (nSPS) is 16.0. The van der Waals surface area contributed by atoms with Crippen molar-refractivity contribution in [2.45, 2.75) is 51.7 Å². The molecule has 3 aromatic rings. The summed E-state index contributed by atoms with van der Waals surface area (Å²) >= 11 is 0. The molecule has 3 aromatic carbocycles. The molecule has 11 heteroatoms. The van der Waals surface area contributed by atoms with Crippen molar-refractivity contribution in [2.24, 2.45) is 0 Å². The molecule has 0 aromatic heterocycles. The van der Waals surface area contributed by atoms with Gasteiger partial charge in [-0.2, -0.15) is 13.2 Å². The Morgan fingerprint density at radius 2 is 1.62 bits per heavy atom. The molecule has 0 aliphatic carbocycles. The van der Waals surface area contributed by atoms with Crippen molar-refractivity contribution in [3.05, 3.63) is 82.4 Å². The predicted molar refractivity (Wildman–Crippen MR) is 148 cm³/mol. The lowest BCUT2D eigenvalue weighted by Crippen LogP contribution is -2.50. The summed E-state index contributed by atoms with van der Waals surface area (Å²) in [7, 11) is 0. The Kier molecular flexibility index (Phi) is 9.74. The number of fused-ring (bicyclic) bond motifs is 1. The van der Waals surface area contributed by atoms with Gasteiger partial charge in [0.15, 0.2) is 0 Å². The summed E-state index contributed by atoms with van der Waals surface area (Å²) in [5.74, 6) is -1.94. The minimum atomic E-state index is -5.08. The van der Waals surface area contributed by atoms with Crippen molar-refractivity contribution in [3.8, 4) is 22.6 Å². The van der Waals surface area contributed by atoms with Gasteiger partial charge in [0, 0.05) is 24.6 Å². The number of rotatable bonds is 9. The summed E-state index contributed by atoms with van der Waals surface area (Å²) in [6, 6.07) is 18.7. The van der Waals surface area contributed by atoms with E-state index < -0.39 is 18.1 Å². The van der Waals surface area contributed by atoms with Gasteiger partial charge in [-0.25, -0.2) is 4.79 Å². The molecule has 1 atom stereocenters. The van der Waals surface area contributed by atoms with Crippen LogP contribution in [0.3, 0.4) is 0 Å². The molecule has 5 rings (SSSR count). The van der Waals surface area contributed by atoms with Crippen molar-refractivity contribution in [1.82, 2.24) is 5.32 Å². The summed E-state index contributed by atoms with van der Waals surface area (Å²) in [5.41, 5.74) is 7.90. The van der Waals surface area contributed by atoms with Crippen LogP contribution in [0, 0.1) is 13.8 Å². The molecule has 0 unspecified atom stereocenters. The molecule has 224 valence electrons. The predicted octanol–water partition coefficient (Wildman–Crippen LogP) is 5.62. The van der Waals surface area contributed by atoms with E-state index >= 15 is 0 Å². The van der Waals surface area contributed by atoms with E-state index in [9.17, 15) is 18.0 Å². The number of benzene rings is 3. The molecule has 0 saturated carbocycles. The number of hydrogen-bond donors (Lipinski definition) is 3. The fourth-order valence-electron chi connectivity index (χ4n) is 4.88. The van der Waals surface area contributed by atoms with E-state index in [4.69, 9.17) is 29.2 Å². The van der Waals surface area contributed by atoms with Gasteiger partial charge in [-0.05, 0) is 71.5 Å². The first kappa shape index (κ1) is 30.9. The molecule has 0 amide bonds. The quantitative estimate of drug-likeness (QED) is 0.296. The molecule has 0 bridgehead atoms. The lowest BCUT2D eigenvalue weighted by Gasteiger charge is -2.28. The zero-order valence-electron chi connectivity index (χ0n) is 23.2. The number of hydrogen-bond acceptors (Lipinski definition) is 6. The third kappa shape index (κ3) is 8.01. The van der Waals surface area contributed by atoms with Gasteiger partial charge in [0.25, 0.3) is 0 Å². The summed E-state index contributed by atoms with van der Waals surface area (Å²) in [6.07, 6.45) is -4.73. The zero-order chi connectivity index (χ0) is 30.4. The van der Waals surface area contributed by atoms with Crippen LogP contribution in [0.2, 0.25) is 0 Å². The number of carbonyl (C=O) groups is 2. The largest absolute Gasteiger partial charge is 0.493 e. The Morgan fingerprint density at radius 1 is 0.976 bits per heavy atom. The van der Waals surface area contributed by atoms with Gasteiger partial charge in [0.05, 0.1) is 26.2 Å². The average Bonchev–Trinajstić information content (AvgIpc) is 3.27. The lowest BCUT2D eigenvalue weighted by molar-refractivity contribution is -0.192. The molecule has 1 saturated heterocycles. The molecular weight excluding hydrogens is 555 g/mol.